The van der Waals surface area contributed by atoms with Crippen LogP contribution in [0.3, 0.4) is 0 Å². The molecule has 1 N–H and O–H groups in total. The van der Waals surface area contributed by atoms with Crippen LogP contribution in [0.2, 0.25) is 0 Å². The first-order valence-corrected chi connectivity index (χ1v) is 10.4. The standard InChI is InChI=1S/C24H22N2O2S/c1-16(27)25-19-7-5-6-18(14-19)22-15-24(17-10-12-20(28-2)13-11-17)29-23-9-4-3-8-21(23)26-22/h3-14,24H,15H2,1-2H3,(H,25,27). The van der Waals surface area contributed by atoms with Crippen molar-refractivity contribution in [2.75, 3.05) is 12.4 Å². The van der Waals surface area contributed by atoms with E-state index in [0.717, 1.165) is 34.8 Å². The summed E-state index contributed by atoms with van der Waals surface area (Å²) in [6.07, 6.45) is 0.787. The Balaban J connectivity index is 1.74. The molecule has 29 heavy (non-hydrogen) atoms. The summed E-state index contributed by atoms with van der Waals surface area (Å²) < 4.78 is 5.31. The first-order valence-electron chi connectivity index (χ1n) is 9.47. The molecule has 1 unspecified atom stereocenters. The van der Waals surface area contributed by atoms with Crippen molar-refractivity contribution in [2.45, 2.75) is 23.5 Å². The van der Waals surface area contributed by atoms with Crippen LogP contribution in [0.15, 0.2) is 82.7 Å². The maximum atomic E-state index is 11.5. The van der Waals surface area contributed by atoms with E-state index in [1.54, 1.807) is 7.11 Å². The van der Waals surface area contributed by atoms with E-state index >= 15 is 0 Å². The van der Waals surface area contributed by atoms with Gasteiger partial charge >= 0.3 is 0 Å². The quantitative estimate of drug-likeness (QED) is 0.581. The molecule has 3 aromatic carbocycles. The average molecular weight is 403 g/mol. The zero-order valence-corrected chi connectivity index (χ0v) is 17.2. The van der Waals surface area contributed by atoms with E-state index in [0.29, 0.717) is 0 Å². The van der Waals surface area contributed by atoms with Crippen LogP contribution in [0.4, 0.5) is 11.4 Å². The smallest absolute Gasteiger partial charge is 0.221 e. The summed E-state index contributed by atoms with van der Waals surface area (Å²) in [5, 5.41) is 3.09. The summed E-state index contributed by atoms with van der Waals surface area (Å²) in [6, 6.07) is 24.4. The lowest BCUT2D eigenvalue weighted by molar-refractivity contribution is -0.114. The predicted molar refractivity (Wildman–Crippen MR) is 120 cm³/mol. The maximum Gasteiger partial charge on any atom is 0.221 e. The van der Waals surface area contributed by atoms with Gasteiger partial charge in [0, 0.05) is 34.9 Å². The lowest BCUT2D eigenvalue weighted by Gasteiger charge is -2.17. The molecule has 0 aliphatic carbocycles. The Kier molecular flexibility index (Phi) is 5.67. The topological polar surface area (TPSA) is 50.7 Å². The molecule has 146 valence electrons. The van der Waals surface area contributed by atoms with Crippen LogP contribution in [0.1, 0.15) is 29.7 Å². The van der Waals surface area contributed by atoms with Gasteiger partial charge in [-0.3, -0.25) is 9.79 Å². The lowest BCUT2D eigenvalue weighted by atomic mass is 10.0. The van der Waals surface area contributed by atoms with Crippen molar-refractivity contribution >= 4 is 34.8 Å². The number of carbonyl (C=O) groups is 1. The number of aliphatic imine (C=N–C) groups is 1. The molecule has 5 heteroatoms. The van der Waals surface area contributed by atoms with Crippen LogP contribution < -0.4 is 10.1 Å². The molecule has 0 fully saturated rings. The van der Waals surface area contributed by atoms with Gasteiger partial charge in [0.05, 0.1) is 12.8 Å². The van der Waals surface area contributed by atoms with E-state index < -0.39 is 0 Å². The van der Waals surface area contributed by atoms with E-state index in [2.05, 4.69) is 35.6 Å². The number of hydrogen-bond acceptors (Lipinski definition) is 4. The van der Waals surface area contributed by atoms with Crippen LogP contribution in [0, 0.1) is 0 Å². The summed E-state index contributed by atoms with van der Waals surface area (Å²) in [4.78, 5) is 17.6. The molecule has 1 heterocycles. The number of nitrogens with zero attached hydrogens (tertiary/aromatic N) is 1. The highest BCUT2D eigenvalue weighted by Gasteiger charge is 2.22. The molecule has 4 nitrogen and oxygen atoms in total. The second-order valence-corrected chi connectivity index (χ2v) is 8.12. The molecule has 1 aliphatic rings. The van der Waals surface area contributed by atoms with Crippen molar-refractivity contribution in [3.05, 3.63) is 83.9 Å². The number of rotatable bonds is 4. The zero-order chi connectivity index (χ0) is 20.2. The summed E-state index contributed by atoms with van der Waals surface area (Å²) in [5.41, 5.74) is 5.03. The minimum atomic E-state index is -0.0815. The van der Waals surface area contributed by atoms with Crippen molar-refractivity contribution < 1.29 is 9.53 Å². The highest BCUT2D eigenvalue weighted by atomic mass is 32.2. The molecule has 0 saturated heterocycles. The van der Waals surface area contributed by atoms with E-state index in [1.807, 2.05) is 54.2 Å². The largest absolute Gasteiger partial charge is 0.497 e. The minimum Gasteiger partial charge on any atom is -0.497 e. The highest BCUT2D eigenvalue weighted by Crippen LogP contribution is 2.45. The van der Waals surface area contributed by atoms with Gasteiger partial charge in [0.1, 0.15) is 5.75 Å². The Morgan fingerprint density at radius 3 is 2.62 bits per heavy atom. The fourth-order valence-electron chi connectivity index (χ4n) is 3.38. The van der Waals surface area contributed by atoms with Crippen LogP contribution in [0.25, 0.3) is 0 Å². The third kappa shape index (κ3) is 4.51. The number of ether oxygens (including phenoxy) is 1. The summed E-state index contributed by atoms with van der Waals surface area (Å²) in [7, 11) is 1.68. The third-order valence-corrected chi connectivity index (χ3v) is 6.09. The molecule has 0 radical (unpaired) electrons. The number of anilines is 1. The predicted octanol–water partition coefficient (Wildman–Crippen LogP) is 6.01. The van der Waals surface area contributed by atoms with Gasteiger partial charge < -0.3 is 10.1 Å². The number of thioether (sulfide) groups is 1. The first kappa shape index (κ1) is 19.3. The number of benzene rings is 3. The summed E-state index contributed by atoms with van der Waals surface area (Å²) in [5.74, 6) is 0.770. The number of hydrogen-bond donors (Lipinski definition) is 1. The third-order valence-electron chi connectivity index (χ3n) is 4.77. The monoisotopic (exact) mass is 402 g/mol. The van der Waals surface area contributed by atoms with Crippen molar-refractivity contribution in [2.24, 2.45) is 4.99 Å². The minimum absolute atomic E-state index is 0.0815. The number of nitrogens with one attached hydrogen (secondary N) is 1. The van der Waals surface area contributed by atoms with E-state index in [1.165, 1.54) is 17.4 Å². The number of amides is 1. The molecule has 1 atom stereocenters. The van der Waals surface area contributed by atoms with Crippen molar-refractivity contribution in [3.8, 4) is 5.75 Å². The zero-order valence-electron chi connectivity index (χ0n) is 16.4. The fraction of sp³-hybridized carbons (Fsp3) is 0.167. The second kappa shape index (κ2) is 8.53. The van der Waals surface area contributed by atoms with Crippen LogP contribution in [0.5, 0.6) is 5.75 Å². The van der Waals surface area contributed by atoms with Gasteiger partial charge in [-0.05, 0) is 47.5 Å². The van der Waals surface area contributed by atoms with Crippen molar-refractivity contribution in [1.29, 1.82) is 0 Å². The molecule has 4 rings (SSSR count). The fourth-order valence-corrected chi connectivity index (χ4v) is 4.61. The van der Waals surface area contributed by atoms with Crippen LogP contribution >= 0.6 is 11.8 Å². The Bertz CT molecular complexity index is 1060. The van der Waals surface area contributed by atoms with Gasteiger partial charge in [-0.2, -0.15) is 0 Å². The normalized spacial score (nSPS) is 15.7. The first-order chi connectivity index (χ1) is 14.1. The summed E-state index contributed by atoms with van der Waals surface area (Å²) in [6.45, 7) is 1.52. The number of para-hydroxylation sites is 1. The van der Waals surface area contributed by atoms with E-state index in [4.69, 9.17) is 9.73 Å². The van der Waals surface area contributed by atoms with Crippen LogP contribution in [-0.2, 0) is 4.79 Å². The van der Waals surface area contributed by atoms with Gasteiger partial charge in [-0.15, -0.1) is 11.8 Å². The molecule has 1 aliphatic heterocycles. The Morgan fingerprint density at radius 2 is 1.86 bits per heavy atom. The van der Waals surface area contributed by atoms with Crippen LogP contribution in [-0.4, -0.2) is 18.7 Å². The van der Waals surface area contributed by atoms with Gasteiger partial charge in [-0.25, -0.2) is 0 Å². The van der Waals surface area contributed by atoms with Crippen molar-refractivity contribution in [1.82, 2.24) is 0 Å². The molecule has 3 aromatic rings. The second-order valence-electron chi connectivity index (χ2n) is 6.87. The molecule has 1 amide bonds. The highest BCUT2D eigenvalue weighted by molar-refractivity contribution is 7.99. The van der Waals surface area contributed by atoms with Gasteiger partial charge in [0.2, 0.25) is 5.91 Å². The average Bonchev–Trinajstić information content (AvgIpc) is 2.93. The van der Waals surface area contributed by atoms with E-state index in [-0.39, 0.29) is 11.2 Å². The Hall–Kier alpha value is -3.05. The van der Waals surface area contributed by atoms with Gasteiger partial charge in [0.25, 0.3) is 0 Å². The summed E-state index contributed by atoms with van der Waals surface area (Å²) >= 11 is 1.83. The van der Waals surface area contributed by atoms with Gasteiger partial charge in [0.15, 0.2) is 0 Å². The molecule has 0 spiro atoms. The molecule has 0 aromatic heterocycles. The number of methoxy groups -OCH3 is 1. The van der Waals surface area contributed by atoms with Gasteiger partial charge in [-0.1, -0.05) is 36.4 Å². The maximum absolute atomic E-state index is 11.5. The molecular formula is C24H22N2O2S. The Morgan fingerprint density at radius 1 is 1.07 bits per heavy atom. The number of carbonyl (C=O) groups excluding carboxylic acids is 1. The molecular weight excluding hydrogens is 380 g/mol. The number of fused-ring (bicyclic) bond motifs is 1. The lowest BCUT2D eigenvalue weighted by Crippen LogP contribution is -2.09. The SMILES string of the molecule is COc1ccc(C2CC(c3cccc(NC(C)=O)c3)=Nc3ccccc3S2)cc1. The molecule has 0 saturated carbocycles. The Labute approximate surface area is 175 Å². The molecule has 0 bridgehead atoms. The van der Waals surface area contributed by atoms with E-state index in [9.17, 15) is 4.79 Å². The van der Waals surface area contributed by atoms with Crippen molar-refractivity contribution in [3.63, 3.8) is 0 Å².